The maximum atomic E-state index is 9.59. The van der Waals surface area contributed by atoms with Crippen molar-refractivity contribution < 1.29 is 14.7 Å². The van der Waals surface area contributed by atoms with Crippen LogP contribution in [0.4, 0.5) is 0 Å². The summed E-state index contributed by atoms with van der Waals surface area (Å²) in [6.07, 6.45) is 2.43. The number of hydrogen-bond acceptors (Lipinski definition) is 4. The van der Waals surface area contributed by atoms with Gasteiger partial charge in [-0.2, -0.15) is 0 Å². The Hall–Kier alpha value is -1.71. The second-order valence-corrected chi connectivity index (χ2v) is 2.99. The Morgan fingerprint density at radius 2 is 2.27 bits per heavy atom. The molecule has 4 nitrogen and oxygen atoms in total. The van der Waals surface area contributed by atoms with Crippen molar-refractivity contribution in [1.82, 2.24) is 0 Å². The van der Waals surface area contributed by atoms with Crippen LogP contribution in [0, 0.1) is 0 Å². The summed E-state index contributed by atoms with van der Waals surface area (Å²) in [6, 6.07) is 5.09. The van der Waals surface area contributed by atoms with Crippen LogP contribution in [0.15, 0.2) is 23.4 Å². The Labute approximate surface area is 89.1 Å². The summed E-state index contributed by atoms with van der Waals surface area (Å²) >= 11 is 0. The van der Waals surface area contributed by atoms with E-state index in [2.05, 4.69) is 9.99 Å². The van der Waals surface area contributed by atoms with Gasteiger partial charge in [0, 0.05) is 0 Å². The van der Waals surface area contributed by atoms with Crippen LogP contribution in [0.5, 0.6) is 11.5 Å². The SMILES string of the molecule is CCCOc1ccc(/C=N/OC)cc1O. The third-order valence-electron chi connectivity index (χ3n) is 1.75. The zero-order valence-electron chi connectivity index (χ0n) is 8.93. The van der Waals surface area contributed by atoms with Crippen LogP contribution < -0.4 is 4.74 Å². The number of benzene rings is 1. The molecule has 0 heterocycles. The van der Waals surface area contributed by atoms with E-state index < -0.39 is 0 Å². The van der Waals surface area contributed by atoms with Crippen LogP contribution in [0.3, 0.4) is 0 Å². The lowest BCUT2D eigenvalue weighted by atomic mass is 10.2. The topological polar surface area (TPSA) is 51.0 Å². The Balaban J connectivity index is 2.74. The molecule has 1 aromatic carbocycles. The smallest absolute Gasteiger partial charge is 0.160 e. The molecule has 0 radical (unpaired) electrons. The molecule has 4 heteroatoms. The fourth-order valence-corrected chi connectivity index (χ4v) is 1.06. The quantitative estimate of drug-likeness (QED) is 0.597. The van der Waals surface area contributed by atoms with Crippen LogP contribution in [-0.4, -0.2) is 25.0 Å². The molecule has 0 aliphatic carbocycles. The number of phenolic OH excluding ortho intramolecular Hbond substituents is 1. The predicted octanol–water partition coefficient (Wildman–Crippen LogP) is 2.16. The zero-order chi connectivity index (χ0) is 11.1. The molecule has 1 rings (SSSR count). The van der Waals surface area contributed by atoms with E-state index in [4.69, 9.17) is 4.74 Å². The van der Waals surface area contributed by atoms with Crippen LogP contribution in [-0.2, 0) is 4.84 Å². The number of rotatable bonds is 5. The molecule has 0 bridgehead atoms. The molecular weight excluding hydrogens is 194 g/mol. The monoisotopic (exact) mass is 209 g/mol. The maximum absolute atomic E-state index is 9.59. The second-order valence-electron chi connectivity index (χ2n) is 2.99. The van der Waals surface area contributed by atoms with E-state index in [0.717, 1.165) is 12.0 Å². The third-order valence-corrected chi connectivity index (χ3v) is 1.75. The van der Waals surface area contributed by atoms with Crippen LogP contribution in [0.1, 0.15) is 18.9 Å². The van der Waals surface area contributed by atoms with Crippen molar-refractivity contribution in [1.29, 1.82) is 0 Å². The number of aromatic hydroxyl groups is 1. The van der Waals surface area contributed by atoms with Gasteiger partial charge in [-0.25, -0.2) is 0 Å². The van der Waals surface area contributed by atoms with Crippen molar-refractivity contribution in [2.24, 2.45) is 5.16 Å². The Morgan fingerprint density at radius 1 is 1.47 bits per heavy atom. The molecular formula is C11H15NO3. The van der Waals surface area contributed by atoms with E-state index >= 15 is 0 Å². The van der Waals surface area contributed by atoms with Crippen LogP contribution in [0.2, 0.25) is 0 Å². The van der Waals surface area contributed by atoms with E-state index in [-0.39, 0.29) is 5.75 Å². The van der Waals surface area contributed by atoms with E-state index in [1.165, 1.54) is 13.3 Å². The van der Waals surface area contributed by atoms with E-state index in [1.54, 1.807) is 18.2 Å². The van der Waals surface area contributed by atoms with Gasteiger partial charge >= 0.3 is 0 Å². The standard InChI is InChI=1S/C11H15NO3/c1-3-6-15-11-5-4-9(7-10(11)13)8-12-14-2/h4-5,7-8,13H,3,6H2,1-2H3/b12-8+. The van der Waals surface area contributed by atoms with Gasteiger partial charge in [-0.05, 0) is 30.2 Å². The van der Waals surface area contributed by atoms with Gasteiger partial charge in [0.25, 0.3) is 0 Å². The molecule has 0 amide bonds. The van der Waals surface area contributed by atoms with Gasteiger partial charge in [0.1, 0.15) is 7.11 Å². The minimum atomic E-state index is 0.114. The fraction of sp³-hybridized carbons (Fsp3) is 0.364. The lowest BCUT2D eigenvalue weighted by Gasteiger charge is -2.06. The van der Waals surface area contributed by atoms with Gasteiger partial charge in [-0.3, -0.25) is 0 Å². The number of hydrogen-bond donors (Lipinski definition) is 1. The van der Waals surface area contributed by atoms with Crippen molar-refractivity contribution in [2.75, 3.05) is 13.7 Å². The molecule has 0 atom stereocenters. The molecule has 15 heavy (non-hydrogen) atoms. The average molecular weight is 209 g/mol. The third kappa shape index (κ3) is 3.50. The van der Waals surface area contributed by atoms with Gasteiger partial charge in [0.05, 0.1) is 12.8 Å². The minimum absolute atomic E-state index is 0.114. The van der Waals surface area contributed by atoms with Gasteiger partial charge in [-0.1, -0.05) is 12.1 Å². The van der Waals surface area contributed by atoms with Crippen molar-refractivity contribution in [2.45, 2.75) is 13.3 Å². The van der Waals surface area contributed by atoms with Gasteiger partial charge in [0.2, 0.25) is 0 Å². The molecule has 1 aromatic rings. The summed E-state index contributed by atoms with van der Waals surface area (Å²) < 4.78 is 5.32. The highest BCUT2D eigenvalue weighted by Crippen LogP contribution is 2.26. The lowest BCUT2D eigenvalue weighted by molar-refractivity contribution is 0.215. The van der Waals surface area contributed by atoms with Crippen molar-refractivity contribution in [3.05, 3.63) is 23.8 Å². The van der Waals surface area contributed by atoms with Crippen molar-refractivity contribution in [3.8, 4) is 11.5 Å². The summed E-state index contributed by atoms with van der Waals surface area (Å²) in [6.45, 7) is 2.61. The van der Waals surface area contributed by atoms with E-state index in [1.807, 2.05) is 6.92 Å². The van der Waals surface area contributed by atoms with Gasteiger partial charge in [0.15, 0.2) is 11.5 Å². The highest BCUT2D eigenvalue weighted by molar-refractivity contribution is 5.80. The molecule has 1 N–H and O–H groups in total. The molecule has 82 valence electrons. The molecule has 0 saturated carbocycles. The van der Waals surface area contributed by atoms with E-state index in [0.29, 0.717) is 12.4 Å². The highest BCUT2D eigenvalue weighted by atomic mass is 16.6. The van der Waals surface area contributed by atoms with Crippen LogP contribution in [0.25, 0.3) is 0 Å². The Morgan fingerprint density at radius 3 is 2.87 bits per heavy atom. The summed E-state index contributed by atoms with van der Waals surface area (Å²) in [4.78, 5) is 4.54. The first-order valence-corrected chi connectivity index (χ1v) is 4.80. The first-order valence-electron chi connectivity index (χ1n) is 4.80. The van der Waals surface area contributed by atoms with Crippen molar-refractivity contribution in [3.63, 3.8) is 0 Å². The summed E-state index contributed by atoms with van der Waals surface area (Å²) in [5, 5.41) is 13.2. The normalized spacial score (nSPS) is 10.5. The Kier molecular flexibility index (Phi) is 4.47. The Bertz CT molecular complexity index is 337. The zero-order valence-corrected chi connectivity index (χ0v) is 8.93. The summed E-state index contributed by atoms with van der Waals surface area (Å²) in [7, 11) is 1.47. The second kappa shape index (κ2) is 5.90. The number of ether oxygens (including phenoxy) is 1. The predicted molar refractivity (Wildman–Crippen MR) is 58.5 cm³/mol. The highest BCUT2D eigenvalue weighted by Gasteiger charge is 2.02. The van der Waals surface area contributed by atoms with E-state index in [9.17, 15) is 5.11 Å². The largest absolute Gasteiger partial charge is 0.504 e. The average Bonchev–Trinajstić information content (AvgIpc) is 2.25. The maximum Gasteiger partial charge on any atom is 0.160 e. The fourth-order valence-electron chi connectivity index (χ4n) is 1.06. The minimum Gasteiger partial charge on any atom is -0.504 e. The molecule has 0 saturated heterocycles. The number of nitrogens with zero attached hydrogens (tertiary/aromatic N) is 1. The molecule has 0 aliphatic heterocycles. The molecule has 0 fully saturated rings. The first-order chi connectivity index (χ1) is 7.27. The molecule has 0 unspecified atom stereocenters. The first kappa shape index (κ1) is 11.4. The van der Waals surface area contributed by atoms with Gasteiger partial charge in [-0.15, -0.1) is 0 Å². The molecule has 0 spiro atoms. The van der Waals surface area contributed by atoms with Crippen molar-refractivity contribution >= 4 is 6.21 Å². The summed E-state index contributed by atoms with van der Waals surface area (Å²) in [5.41, 5.74) is 0.762. The summed E-state index contributed by atoms with van der Waals surface area (Å²) in [5.74, 6) is 0.606. The van der Waals surface area contributed by atoms with Crippen LogP contribution >= 0.6 is 0 Å². The number of oxime groups is 1. The van der Waals surface area contributed by atoms with Gasteiger partial charge < -0.3 is 14.7 Å². The molecule has 0 aromatic heterocycles. The lowest BCUT2D eigenvalue weighted by Crippen LogP contribution is -1.95. The number of phenols is 1. The molecule has 0 aliphatic rings.